The minimum Gasteiger partial charge on any atom is -0.423 e. The number of rotatable bonds is 9. The number of guanidine groups is 1. The zero-order valence-electron chi connectivity index (χ0n) is 17.4. The van der Waals surface area contributed by atoms with Crippen LogP contribution in [0.5, 0.6) is 5.75 Å². The van der Waals surface area contributed by atoms with Crippen molar-refractivity contribution in [2.24, 2.45) is 16.5 Å². The molecule has 7 nitrogen and oxygen atoms in total. The van der Waals surface area contributed by atoms with E-state index in [9.17, 15) is 9.59 Å². The van der Waals surface area contributed by atoms with Gasteiger partial charge in [0.1, 0.15) is 5.75 Å². The Hall–Kier alpha value is -3.61. The van der Waals surface area contributed by atoms with Crippen molar-refractivity contribution in [1.82, 2.24) is 4.90 Å². The average molecular weight is 409 g/mol. The molecule has 0 heterocycles. The number of nitrogens with zero attached hydrogens (tertiary/aromatic N) is 2. The number of amides is 1. The lowest BCUT2D eigenvalue weighted by Crippen LogP contribution is -2.30. The second-order valence-corrected chi connectivity index (χ2v) is 6.65. The van der Waals surface area contributed by atoms with Crippen molar-refractivity contribution >= 4 is 29.6 Å². The number of likely N-dealkylation sites (N-methyl/N-ethyl adjacent to an activating group) is 1. The van der Waals surface area contributed by atoms with Crippen LogP contribution in [0.1, 0.15) is 42.6 Å². The summed E-state index contributed by atoms with van der Waals surface area (Å²) in [6, 6.07) is 13.4. The molecule has 7 heteroatoms. The molecule has 0 atom stereocenters. The summed E-state index contributed by atoms with van der Waals surface area (Å²) in [6.07, 6.45) is 5.36. The summed E-state index contributed by atoms with van der Waals surface area (Å²) >= 11 is 0. The Morgan fingerprint density at radius 2 is 1.70 bits per heavy atom. The van der Waals surface area contributed by atoms with Gasteiger partial charge in [-0.1, -0.05) is 25.5 Å². The van der Waals surface area contributed by atoms with Crippen molar-refractivity contribution in [3.8, 4) is 5.75 Å². The van der Waals surface area contributed by atoms with Crippen LogP contribution in [-0.4, -0.2) is 35.8 Å². The molecule has 1 amide bonds. The minimum absolute atomic E-state index is 0.00868. The maximum atomic E-state index is 12.3. The zero-order valence-corrected chi connectivity index (χ0v) is 17.4. The van der Waals surface area contributed by atoms with E-state index < -0.39 is 5.97 Å². The molecule has 2 rings (SSSR count). The van der Waals surface area contributed by atoms with Gasteiger partial charge in [0.15, 0.2) is 5.96 Å². The standard InChI is InChI=1S/C23H28N4O3/c1-3-5-16-27(4-2)21(28)15-8-17-6-13-20(14-7-17)30-22(29)18-9-11-19(12-10-18)26-23(24)25/h6-15H,3-5,16H2,1-2H3,(H4,24,25,26). The van der Waals surface area contributed by atoms with Crippen molar-refractivity contribution in [2.45, 2.75) is 26.7 Å². The van der Waals surface area contributed by atoms with Gasteiger partial charge in [-0.15, -0.1) is 0 Å². The Labute approximate surface area is 177 Å². The maximum absolute atomic E-state index is 12.3. The molecule has 0 saturated heterocycles. The van der Waals surface area contributed by atoms with Crippen LogP contribution in [0.25, 0.3) is 6.08 Å². The molecule has 0 aliphatic carbocycles. The lowest BCUT2D eigenvalue weighted by Gasteiger charge is -2.18. The Morgan fingerprint density at radius 3 is 2.27 bits per heavy atom. The van der Waals surface area contributed by atoms with Crippen LogP contribution in [0, 0.1) is 0 Å². The predicted molar refractivity (Wildman–Crippen MR) is 120 cm³/mol. The number of benzene rings is 2. The molecule has 0 spiro atoms. The molecule has 0 aliphatic rings. The van der Waals surface area contributed by atoms with Gasteiger partial charge in [-0.2, -0.15) is 0 Å². The summed E-state index contributed by atoms with van der Waals surface area (Å²) in [5.74, 6) is -0.135. The number of hydrogen-bond acceptors (Lipinski definition) is 4. The second kappa shape index (κ2) is 11.4. The Kier molecular flexibility index (Phi) is 8.62. The summed E-state index contributed by atoms with van der Waals surface area (Å²) in [4.78, 5) is 30.2. The Morgan fingerprint density at radius 1 is 1.03 bits per heavy atom. The summed E-state index contributed by atoms with van der Waals surface area (Å²) in [5, 5.41) is 0. The van der Waals surface area contributed by atoms with E-state index in [0.29, 0.717) is 23.5 Å². The molecule has 0 bridgehead atoms. The first-order valence-electron chi connectivity index (χ1n) is 9.91. The van der Waals surface area contributed by atoms with E-state index in [-0.39, 0.29) is 11.9 Å². The summed E-state index contributed by atoms with van der Waals surface area (Å²) in [6.45, 7) is 5.52. The number of aliphatic imine (C=N–C) groups is 1. The quantitative estimate of drug-likeness (QED) is 0.217. The molecule has 0 radical (unpaired) electrons. The van der Waals surface area contributed by atoms with Crippen LogP contribution >= 0.6 is 0 Å². The van der Waals surface area contributed by atoms with Gasteiger partial charge < -0.3 is 21.1 Å². The molecule has 158 valence electrons. The number of carbonyl (C=O) groups excluding carboxylic acids is 2. The molecule has 2 aromatic carbocycles. The van der Waals surface area contributed by atoms with Crippen LogP contribution < -0.4 is 16.2 Å². The molecule has 2 aromatic rings. The molecule has 0 aliphatic heterocycles. The first-order chi connectivity index (χ1) is 14.4. The van der Waals surface area contributed by atoms with Crippen molar-refractivity contribution < 1.29 is 14.3 Å². The SMILES string of the molecule is CCCCN(CC)C(=O)C=Cc1ccc(OC(=O)c2ccc(N=C(N)N)cc2)cc1. The van der Waals surface area contributed by atoms with Gasteiger partial charge in [-0.05, 0) is 61.4 Å². The number of ether oxygens (including phenoxy) is 1. The largest absolute Gasteiger partial charge is 0.423 e. The number of esters is 1. The van der Waals surface area contributed by atoms with E-state index in [1.165, 1.54) is 0 Å². The van der Waals surface area contributed by atoms with E-state index in [1.807, 2.05) is 11.8 Å². The van der Waals surface area contributed by atoms with Crippen LogP contribution in [0.15, 0.2) is 59.6 Å². The fourth-order valence-corrected chi connectivity index (χ4v) is 2.68. The molecule has 4 N–H and O–H groups in total. The monoisotopic (exact) mass is 408 g/mol. The molecule has 0 unspecified atom stereocenters. The summed E-state index contributed by atoms with van der Waals surface area (Å²) < 4.78 is 5.38. The van der Waals surface area contributed by atoms with Gasteiger partial charge >= 0.3 is 5.97 Å². The van der Waals surface area contributed by atoms with E-state index in [1.54, 1.807) is 60.7 Å². The van der Waals surface area contributed by atoms with Gasteiger partial charge in [0.25, 0.3) is 0 Å². The fraction of sp³-hybridized carbons (Fsp3) is 0.261. The van der Waals surface area contributed by atoms with E-state index in [4.69, 9.17) is 16.2 Å². The normalized spacial score (nSPS) is 10.6. The van der Waals surface area contributed by atoms with Gasteiger partial charge in [0.05, 0.1) is 11.3 Å². The number of unbranched alkanes of at least 4 members (excludes halogenated alkanes) is 1. The molecule has 30 heavy (non-hydrogen) atoms. The third-order valence-electron chi connectivity index (χ3n) is 4.35. The first kappa shape index (κ1) is 22.7. The second-order valence-electron chi connectivity index (χ2n) is 6.65. The predicted octanol–water partition coefficient (Wildman–Crippen LogP) is 3.47. The molecular formula is C23H28N4O3. The van der Waals surface area contributed by atoms with Crippen molar-refractivity contribution in [2.75, 3.05) is 13.1 Å². The summed E-state index contributed by atoms with van der Waals surface area (Å²) in [7, 11) is 0. The highest BCUT2D eigenvalue weighted by Crippen LogP contribution is 2.17. The van der Waals surface area contributed by atoms with Gasteiger partial charge in [0, 0.05) is 19.2 Å². The van der Waals surface area contributed by atoms with Gasteiger partial charge in [-0.25, -0.2) is 9.79 Å². The van der Waals surface area contributed by atoms with E-state index >= 15 is 0 Å². The van der Waals surface area contributed by atoms with Crippen molar-refractivity contribution in [3.63, 3.8) is 0 Å². The minimum atomic E-state index is -0.487. The first-order valence-corrected chi connectivity index (χ1v) is 9.91. The lowest BCUT2D eigenvalue weighted by atomic mass is 10.2. The highest BCUT2D eigenvalue weighted by molar-refractivity contribution is 5.92. The molecule has 0 aromatic heterocycles. The fourth-order valence-electron chi connectivity index (χ4n) is 2.68. The van der Waals surface area contributed by atoms with Crippen molar-refractivity contribution in [3.05, 3.63) is 65.7 Å². The van der Waals surface area contributed by atoms with Crippen LogP contribution in [-0.2, 0) is 4.79 Å². The van der Waals surface area contributed by atoms with Crippen LogP contribution in [0.4, 0.5) is 5.69 Å². The summed E-state index contributed by atoms with van der Waals surface area (Å²) in [5.41, 5.74) is 12.4. The maximum Gasteiger partial charge on any atom is 0.343 e. The Balaban J connectivity index is 1.96. The number of carbonyl (C=O) groups is 2. The lowest BCUT2D eigenvalue weighted by molar-refractivity contribution is -0.125. The van der Waals surface area contributed by atoms with Gasteiger partial charge in [-0.3, -0.25) is 4.79 Å². The van der Waals surface area contributed by atoms with E-state index in [2.05, 4.69) is 11.9 Å². The topological polar surface area (TPSA) is 111 Å². The molecule has 0 saturated carbocycles. The van der Waals surface area contributed by atoms with E-state index in [0.717, 1.165) is 24.9 Å². The van der Waals surface area contributed by atoms with Crippen molar-refractivity contribution in [1.29, 1.82) is 0 Å². The third-order valence-corrected chi connectivity index (χ3v) is 4.35. The highest BCUT2D eigenvalue weighted by Gasteiger charge is 2.09. The average Bonchev–Trinajstić information content (AvgIpc) is 2.74. The number of nitrogens with two attached hydrogens (primary N) is 2. The zero-order chi connectivity index (χ0) is 21.9. The van der Waals surface area contributed by atoms with Gasteiger partial charge in [0.2, 0.25) is 5.91 Å². The number of hydrogen-bond donors (Lipinski definition) is 2. The molecule has 0 fully saturated rings. The van der Waals surface area contributed by atoms with Crippen LogP contribution in [0.2, 0.25) is 0 Å². The molecular weight excluding hydrogens is 380 g/mol. The smallest absolute Gasteiger partial charge is 0.343 e. The Bertz CT molecular complexity index is 899. The van der Waals surface area contributed by atoms with Crippen LogP contribution in [0.3, 0.4) is 0 Å². The third kappa shape index (κ3) is 7.09. The highest BCUT2D eigenvalue weighted by atomic mass is 16.5.